The lowest BCUT2D eigenvalue weighted by molar-refractivity contribution is 0.0168. The zero-order valence-electron chi connectivity index (χ0n) is 20.2. The van der Waals surface area contributed by atoms with Gasteiger partial charge in [-0.3, -0.25) is 9.63 Å². The first-order valence-electron chi connectivity index (χ1n) is 10.8. The summed E-state index contributed by atoms with van der Waals surface area (Å²) in [6.45, 7) is 4.33. The average Bonchev–Trinajstić information content (AvgIpc) is 2.80. The number of aliphatic hydroxyl groups is 1. The lowest BCUT2D eigenvalue weighted by Crippen LogP contribution is -2.34. The van der Waals surface area contributed by atoms with E-state index < -0.39 is 58.5 Å². The summed E-state index contributed by atoms with van der Waals surface area (Å²) >= 11 is 1.88. The molecular weight excluding hydrogens is 612 g/mol. The third-order valence-electron chi connectivity index (χ3n) is 4.16. The summed E-state index contributed by atoms with van der Waals surface area (Å²) in [5, 5.41) is 17.2. The average molecular weight is 638 g/mol. The molecule has 0 aromatic heterocycles. The quantitative estimate of drug-likeness (QED) is 0.127. The molecule has 0 aliphatic heterocycles. The molecule has 0 aliphatic carbocycles. The highest BCUT2D eigenvalue weighted by atomic mass is 127. The van der Waals surface area contributed by atoms with Crippen LogP contribution in [-0.2, 0) is 14.4 Å². The Morgan fingerprint density at radius 1 is 1.14 bits per heavy atom. The van der Waals surface area contributed by atoms with E-state index in [1.54, 1.807) is 20.8 Å². The molecule has 37 heavy (non-hydrogen) atoms. The molecule has 0 atom stereocenters. The maximum absolute atomic E-state index is 15.0. The van der Waals surface area contributed by atoms with Gasteiger partial charge in [-0.05, 0) is 67.6 Å². The van der Waals surface area contributed by atoms with E-state index in [-0.39, 0.29) is 25.4 Å². The highest BCUT2D eigenvalue weighted by Gasteiger charge is 2.23. The van der Waals surface area contributed by atoms with Gasteiger partial charge in [-0.1, -0.05) is 5.16 Å². The molecule has 0 saturated heterocycles. The summed E-state index contributed by atoms with van der Waals surface area (Å²) in [6.07, 6.45) is 0.159. The number of carbonyl (C=O) groups is 2. The van der Waals surface area contributed by atoms with Crippen LogP contribution in [0.3, 0.4) is 0 Å². The molecule has 2 amide bonds. The Morgan fingerprint density at radius 3 is 2.51 bits per heavy atom. The van der Waals surface area contributed by atoms with Gasteiger partial charge < -0.3 is 25.3 Å². The molecule has 10 nitrogen and oxygen atoms in total. The van der Waals surface area contributed by atoms with Crippen molar-refractivity contribution in [2.75, 3.05) is 31.7 Å². The highest BCUT2D eigenvalue weighted by molar-refractivity contribution is 14.1. The van der Waals surface area contributed by atoms with Crippen molar-refractivity contribution in [2.24, 2.45) is 5.16 Å². The molecule has 2 aromatic carbocycles. The van der Waals surface area contributed by atoms with Crippen LogP contribution in [0, 0.1) is 21.0 Å². The number of halogens is 4. The third-order valence-corrected chi connectivity index (χ3v) is 4.83. The Balaban J connectivity index is 2.21. The van der Waals surface area contributed by atoms with Crippen molar-refractivity contribution < 1.29 is 42.3 Å². The molecule has 2 aromatic rings. The number of amides is 2. The molecule has 0 spiro atoms. The predicted molar refractivity (Wildman–Crippen MR) is 137 cm³/mol. The van der Waals surface area contributed by atoms with E-state index in [4.69, 9.17) is 19.5 Å². The third kappa shape index (κ3) is 9.70. The first-order chi connectivity index (χ1) is 17.4. The van der Waals surface area contributed by atoms with Gasteiger partial charge in [0, 0.05) is 9.13 Å². The van der Waals surface area contributed by atoms with Crippen LogP contribution >= 0.6 is 22.6 Å². The van der Waals surface area contributed by atoms with Gasteiger partial charge in [0.2, 0.25) is 0 Å². The largest absolute Gasteiger partial charge is 0.444 e. The molecule has 0 unspecified atom stereocenters. The van der Waals surface area contributed by atoms with Crippen LogP contribution in [0.25, 0.3) is 0 Å². The van der Waals surface area contributed by atoms with Crippen LogP contribution in [0.15, 0.2) is 29.4 Å². The Labute approximate surface area is 224 Å². The Kier molecular flexibility index (Phi) is 11.4. The molecule has 0 aliphatic rings. The number of nitrogens with one attached hydrogen (secondary N) is 3. The van der Waals surface area contributed by atoms with Crippen LogP contribution in [0.1, 0.15) is 36.7 Å². The molecule has 14 heteroatoms. The maximum Gasteiger partial charge on any atom is 0.407 e. The fraction of sp³-hybridized carbons (Fsp3) is 0.348. The van der Waals surface area contributed by atoms with Crippen molar-refractivity contribution in [2.45, 2.75) is 26.4 Å². The van der Waals surface area contributed by atoms with E-state index in [1.807, 2.05) is 28.1 Å². The molecular formula is C23H26F3IN4O6. The molecule has 202 valence electrons. The number of hydrogen-bond acceptors (Lipinski definition) is 8. The number of oxime groups is 1. The molecule has 0 saturated carbocycles. The summed E-state index contributed by atoms with van der Waals surface area (Å²) < 4.78 is 49.8. The van der Waals surface area contributed by atoms with Crippen molar-refractivity contribution in [1.29, 1.82) is 0 Å². The van der Waals surface area contributed by atoms with Gasteiger partial charge in [-0.25, -0.2) is 23.4 Å². The van der Waals surface area contributed by atoms with Crippen molar-refractivity contribution >= 4 is 52.2 Å². The second-order valence-electron chi connectivity index (χ2n) is 8.27. The first-order valence-corrected chi connectivity index (χ1v) is 11.9. The topological polar surface area (TPSA) is 131 Å². The number of aliphatic hydroxyl groups excluding tert-OH is 1. The summed E-state index contributed by atoms with van der Waals surface area (Å²) in [5.41, 5.74) is -0.448. The van der Waals surface area contributed by atoms with Crippen molar-refractivity contribution in [1.82, 2.24) is 10.8 Å². The number of hydroxylamine groups is 1. The van der Waals surface area contributed by atoms with Gasteiger partial charge in [0.05, 0.1) is 42.9 Å². The Morgan fingerprint density at radius 2 is 1.86 bits per heavy atom. The van der Waals surface area contributed by atoms with Crippen LogP contribution in [0.4, 0.5) is 29.3 Å². The predicted octanol–water partition coefficient (Wildman–Crippen LogP) is 3.98. The van der Waals surface area contributed by atoms with Crippen LogP contribution in [0.5, 0.6) is 0 Å². The van der Waals surface area contributed by atoms with Gasteiger partial charge in [-0.2, -0.15) is 0 Å². The van der Waals surface area contributed by atoms with Crippen LogP contribution in [-0.4, -0.2) is 55.3 Å². The van der Waals surface area contributed by atoms with Gasteiger partial charge in [0.25, 0.3) is 5.91 Å². The maximum atomic E-state index is 15.0. The summed E-state index contributed by atoms with van der Waals surface area (Å²) in [7, 11) is 0. The molecule has 0 radical (unpaired) electrons. The molecule has 4 N–H and O–H groups in total. The zero-order valence-corrected chi connectivity index (χ0v) is 22.3. The Bertz CT molecular complexity index is 1140. The molecule has 0 bridgehead atoms. The molecule has 0 heterocycles. The van der Waals surface area contributed by atoms with E-state index in [9.17, 15) is 18.4 Å². The van der Waals surface area contributed by atoms with E-state index in [0.717, 1.165) is 18.3 Å². The van der Waals surface area contributed by atoms with E-state index in [2.05, 4.69) is 15.8 Å². The second kappa shape index (κ2) is 14.0. The summed E-state index contributed by atoms with van der Waals surface area (Å²) in [4.78, 5) is 33.9. The zero-order chi connectivity index (χ0) is 27.6. The fourth-order valence-corrected chi connectivity index (χ4v) is 3.10. The number of rotatable bonds is 11. The van der Waals surface area contributed by atoms with E-state index >= 15 is 4.39 Å². The standard InChI is InChI=1S/C23H26F3IN4O6/c1-23(2,3)37-22(34)28-6-8-35-29-12-13-10-15(21(33)31-36-9-7-32)20(19(26)18(13)25)30-17-5-4-14(27)11-16(17)24/h4-5,10-12,30,32H,6-9H2,1-3H3,(H,28,34)(H,31,33)/b29-12-. The van der Waals surface area contributed by atoms with Crippen LogP contribution < -0.4 is 16.1 Å². The lowest BCUT2D eigenvalue weighted by atomic mass is 10.1. The lowest BCUT2D eigenvalue weighted by Gasteiger charge is -2.19. The fourth-order valence-electron chi connectivity index (χ4n) is 2.64. The van der Waals surface area contributed by atoms with Crippen molar-refractivity contribution in [3.05, 3.63) is 56.4 Å². The first kappa shape index (κ1) is 30.1. The SMILES string of the molecule is CC(C)(C)OC(=O)NCCO/N=C\c1cc(C(=O)NOCCO)c(Nc2ccc(I)cc2F)c(F)c1F. The Hall–Kier alpha value is -3.11. The van der Waals surface area contributed by atoms with Crippen molar-refractivity contribution in [3.63, 3.8) is 0 Å². The molecule has 2 rings (SSSR count). The number of hydrogen-bond donors (Lipinski definition) is 4. The number of alkyl carbamates (subject to hydrolysis) is 1. The van der Waals surface area contributed by atoms with Crippen molar-refractivity contribution in [3.8, 4) is 0 Å². The number of benzene rings is 2. The molecule has 0 fully saturated rings. The normalized spacial score (nSPS) is 11.4. The van der Waals surface area contributed by atoms with Gasteiger partial charge >= 0.3 is 6.09 Å². The summed E-state index contributed by atoms with van der Waals surface area (Å²) in [6, 6.07) is 4.94. The minimum atomic E-state index is -1.49. The second-order valence-corrected chi connectivity index (χ2v) is 9.51. The number of carbonyl (C=O) groups excluding carboxylic acids is 2. The van der Waals surface area contributed by atoms with Crippen LogP contribution in [0.2, 0.25) is 0 Å². The van der Waals surface area contributed by atoms with E-state index in [0.29, 0.717) is 3.57 Å². The monoisotopic (exact) mass is 638 g/mol. The van der Waals surface area contributed by atoms with E-state index in [1.165, 1.54) is 12.1 Å². The summed E-state index contributed by atoms with van der Waals surface area (Å²) in [5.74, 6) is -4.63. The highest BCUT2D eigenvalue weighted by Crippen LogP contribution is 2.30. The number of nitrogens with zero attached hydrogens (tertiary/aromatic N) is 1. The van der Waals surface area contributed by atoms with Gasteiger partial charge in [-0.15, -0.1) is 0 Å². The minimum absolute atomic E-state index is 0.0172. The van der Waals surface area contributed by atoms with Gasteiger partial charge in [0.1, 0.15) is 18.0 Å². The smallest absolute Gasteiger partial charge is 0.407 e. The van der Waals surface area contributed by atoms with Gasteiger partial charge in [0.15, 0.2) is 11.6 Å². The minimum Gasteiger partial charge on any atom is -0.444 e. The number of ether oxygens (including phenoxy) is 1. The number of anilines is 2.